The van der Waals surface area contributed by atoms with E-state index < -0.39 is 29.6 Å². The lowest BCUT2D eigenvalue weighted by Gasteiger charge is -2.26. The van der Waals surface area contributed by atoms with Gasteiger partial charge < -0.3 is 14.8 Å². The molecule has 27 heavy (non-hydrogen) atoms. The van der Waals surface area contributed by atoms with E-state index >= 15 is 0 Å². The molecule has 1 rings (SSSR count). The number of aromatic nitrogens is 1. The molecule has 0 fully saturated rings. The number of likely N-dealkylation sites (N-methyl/N-ethyl adjacent to an activating group) is 1. The Morgan fingerprint density at radius 2 is 2.04 bits per heavy atom. The quantitative estimate of drug-likeness (QED) is 0.446. The summed E-state index contributed by atoms with van der Waals surface area (Å²) in [5.74, 6) is -0.936. The van der Waals surface area contributed by atoms with Crippen LogP contribution in [0.25, 0.3) is 0 Å². The largest absolute Gasteiger partial charge is 0.465 e. The van der Waals surface area contributed by atoms with Crippen molar-refractivity contribution in [1.29, 1.82) is 0 Å². The zero-order valence-corrected chi connectivity index (χ0v) is 18.4. The Morgan fingerprint density at radius 1 is 1.37 bits per heavy atom. The lowest BCUT2D eigenvalue weighted by Crippen LogP contribution is -2.54. The topological polar surface area (TPSA) is 110 Å². The predicted molar refractivity (Wildman–Crippen MR) is 104 cm³/mol. The fourth-order valence-electron chi connectivity index (χ4n) is 1.91. The number of ether oxygens (including phenoxy) is 2. The molecule has 0 saturated carbocycles. The molecule has 2 amide bonds. The second-order valence-corrected chi connectivity index (χ2v) is 8.26. The maximum atomic E-state index is 12.7. The maximum absolute atomic E-state index is 12.7. The van der Waals surface area contributed by atoms with Crippen LogP contribution in [0.15, 0.2) is 9.98 Å². The molecule has 1 aromatic heterocycles. The highest BCUT2D eigenvalue weighted by atomic mass is 79.9. The fraction of sp³-hybridized carbons (Fsp3) is 0.625. The van der Waals surface area contributed by atoms with E-state index in [9.17, 15) is 14.4 Å². The van der Waals surface area contributed by atoms with Gasteiger partial charge in [0, 0.05) is 18.8 Å². The molecule has 0 aliphatic rings. The minimum absolute atomic E-state index is 0.169. The van der Waals surface area contributed by atoms with E-state index in [0.29, 0.717) is 9.61 Å². The van der Waals surface area contributed by atoms with Crippen LogP contribution in [-0.2, 0) is 25.5 Å². The average Bonchev–Trinajstić information content (AvgIpc) is 2.94. The van der Waals surface area contributed by atoms with Crippen LogP contribution in [0, 0.1) is 0 Å². The van der Waals surface area contributed by atoms with Crippen molar-refractivity contribution in [1.82, 2.24) is 20.7 Å². The third-order valence-corrected chi connectivity index (χ3v) is 4.57. The van der Waals surface area contributed by atoms with Crippen LogP contribution in [0.2, 0.25) is 0 Å². The van der Waals surface area contributed by atoms with E-state index in [1.54, 1.807) is 33.1 Å². The van der Waals surface area contributed by atoms with Crippen molar-refractivity contribution < 1.29 is 23.9 Å². The summed E-state index contributed by atoms with van der Waals surface area (Å²) in [7, 11) is 1.46. The molecular formula is C16H25BrN4O5S. The van der Waals surface area contributed by atoms with Crippen LogP contribution in [0.1, 0.15) is 32.7 Å². The van der Waals surface area contributed by atoms with Crippen molar-refractivity contribution in [2.75, 3.05) is 20.2 Å². The Balaban J connectivity index is 2.80. The molecule has 0 unspecified atom stereocenters. The molecule has 9 nitrogen and oxygen atoms in total. The van der Waals surface area contributed by atoms with Gasteiger partial charge in [0.25, 0.3) is 5.91 Å². The number of nitrogens with one attached hydrogen (secondary N) is 2. The Bertz CT molecular complexity index is 661. The van der Waals surface area contributed by atoms with Crippen LogP contribution in [-0.4, -0.2) is 59.8 Å². The minimum atomic E-state index is -0.919. The number of hydrogen-bond acceptors (Lipinski definition) is 8. The molecule has 2 N–H and O–H groups in total. The van der Waals surface area contributed by atoms with Crippen molar-refractivity contribution in [3.8, 4) is 0 Å². The molecule has 11 heteroatoms. The van der Waals surface area contributed by atoms with Crippen LogP contribution < -0.4 is 10.7 Å². The normalized spacial score (nSPS) is 12.2. The van der Waals surface area contributed by atoms with Gasteiger partial charge in [-0.15, -0.1) is 11.3 Å². The predicted octanol–water partition coefficient (Wildman–Crippen LogP) is 1.87. The Morgan fingerprint density at radius 3 is 2.56 bits per heavy atom. The van der Waals surface area contributed by atoms with Crippen LogP contribution >= 0.6 is 27.3 Å². The zero-order chi connectivity index (χ0) is 20.6. The molecule has 1 aromatic rings. The number of nitrogens with zero attached hydrogens (tertiary/aromatic N) is 2. The van der Waals surface area contributed by atoms with E-state index in [2.05, 4.69) is 31.7 Å². The number of amides is 2. The number of rotatable bonds is 8. The van der Waals surface area contributed by atoms with Gasteiger partial charge >= 0.3 is 12.1 Å². The number of hydrogen-bond donors (Lipinski definition) is 2. The SMILES string of the molecule is CCOC(=O)CNN(C)C(=O)[C@H](Cc1nc(Br)cs1)NC(=O)OC(C)(C)C. The monoisotopic (exact) mass is 464 g/mol. The summed E-state index contributed by atoms with van der Waals surface area (Å²) in [5, 5.41) is 6.15. The highest BCUT2D eigenvalue weighted by Crippen LogP contribution is 2.17. The van der Waals surface area contributed by atoms with Crippen molar-refractivity contribution in [2.24, 2.45) is 0 Å². The van der Waals surface area contributed by atoms with Crippen molar-refractivity contribution in [2.45, 2.75) is 45.8 Å². The summed E-state index contributed by atoms with van der Waals surface area (Å²) >= 11 is 4.62. The molecule has 0 bridgehead atoms. The van der Waals surface area contributed by atoms with Gasteiger partial charge in [-0.25, -0.2) is 15.2 Å². The molecule has 152 valence electrons. The van der Waals surface area contributed by atoms with Gasteiger partial charge in [0.2, 0.25) is 0 Å². The summed E-state index contributed by atoms with van der Waals surface area (Å²) < 4.78 is 10.7. The minimum Gasteiger partial charge on any atom is -0.465 e. The van der Waals surface area contributed by atoms with Crippen molar-refractivity contribution in [3.63, 3.8) is 0 Å². The van der Waals surface area contributed by atoms with E-state index in [-0.39, 0.29) is 19.6 Å². The second-order valence-electron chi connectivity index (χ2n) is 6.50. The molecule has 0 aromatic carbocycles. The van der Waals surface area contributed by atoms with E-state index in [0.717, 1.165) is 5.01 Å². The molecule has 0 spiro atoms. The lowest BCUT2D eigenvalue weighted by molar-refractivity contribution is -0.144. The van der Waals surface area contributed by atoms with Crippen molar-refractivity contribution in [3.05, 3.63) is 15.0 Å². The van der Waals surface area contributed by atoms with E-state index in [4.69, 9.17) is 9.47 Å². The first-order valence-corrected chi connectivity index (χ1v) is 9.95. The number of alkyl carbamates (subject to hydrolysis) is 1. The summed E-state index contributed by atoms with van der Waals surface area (Å²) in [5.41, 5.74) is 1.95. The fourth-order valence-corrected chi connectivity index (χ4v) is 3.23. The Kier molecular flexibility index (Phi) is 9.13. The van der Waals surface area contributed by atoms with E-state index in [1.807, 2.05) is 0 Å². The number of halogens is 1. The van der Waals surface area contributed by atoms with Gasteiger partial charge in [-0.1, -0.05) is 0 Å². The first kappa shape index (κ1) is 23.3. The standard InChI is InChI=1S/C16H25BrN4O5S/c1-6-25-13(22)8-18-21(5)14(23)10(7-12-20-11(17)9-27-12)19-15(24)26-16(2,3)4/h9-10,18H,6-8H2,1-5H3,(H,19,24)/t10-/m0/s1. The third kappa shape index (κ3) is 9.16. The van der Waals surface area contributed by atoms with Gasteiger partial charge in [-0.05, 0) is 43.6 Å². The first-order chi connectivity index (χ1) is 12.5. The number of carbonyl (C=O) groups is 3. The summed E-state index contributed by atoms with van der Waals surface area (Å²) in [6.07, 6.45) is -0.532. The molecule has 0 saturated heterocycles. The molecule has 1 atom stereocenters. The Hall–Kier alpha value is -1.72. The van der Waals surface area contributed by atoms with Crippen molar-refractivity contribution >= 4 is 45.2 Å². The molecule has 1 heterocycles. The molecule has 0 radical (unpaired) electrons. The summed E-state index contributed by atoms with van der Waals surface area (Å²) in [6, 6.07) is -0.919. The lowest BCUT2D eigenvalue weighted by atomic mass is 10.2. The molecule has 0 aliphatic heterocycles. The highest BCUT2D eigenvalue weighted by Gasteiger charge is 2.28. The van der Waals surface area contributed by atoms with Gasteiger partial charge in [-0.3, -0.25) is 14.6 Å². The van der Waals surface area contributed by atoms with Crippen LogP contribution in [0.4, 0.5) is 4.79 Å². The zero-order valence-electron chi connectivity index (χ0n) is 16.0. The highest BCUT2D eigenvalue weighted by molar-refractivity contribution is 9.10. The van der Waals surface area contributed by atoms with Gasteiger partial charge in [0.1, 0.15) is 22.8 Å². The summed E-state index contributed by atoms with van der Waals surface area (Å²) in [6.45, 7) is 6.97. The third-order valence-electron chi connectivity index (χ3n) is 2.99. The van der Waals surface area contributed by atoms with Crippen LogP contribution in [0.3, 0.4) is 0 Å². The van der Waals surface area contributed by atoms with Gasteiger partial charge in [0.15, 0.2) is 0 Å². The number of thiazole rings is 1. The smallest absolute Gasteiger partial charge is 0.408 e. The maximum Gasteiger partial charge on any atom is 0.408 e. The summed E-state index contributed by atoms with van der Waals surface area (Å²) in [4.78, 5) is 40.5. The number of esters is 1. The molecular weight excluding hydrogens is 440 g/mol. The number of hydrazine groups is 1. The second kappa shape index (κ2) is 10.6. The average molecular weight is 465 g/mol. The van der Waals surface area contributed by atoms with Gasteiger partial charge in [-0.2, -0.15) is 0 Å². The van der Waals surface area contributed by atoms with E-state index in [1.165, 1.54) is 18.4 Å². The van der Waals surface area contributed by atoms with Gasteiger partial charge in [0.05, 0.1) is 11.6 Å². The molecule has 0 aliphatic carbocycles. The number of carbonyl (C=O) groups excluding carboxylic acids is 3. The first-order valence-electron chi connectivity index (χ1n) is 8.28. The van der Waals surface area contributed by atoms with Crippen LogP contribution in [0.5, 0.6) is 0 Å². The Labute approximate surface area is 170 Å².